The standard InChI is InChI=1S/C7H2ClFINO/c8-4-1-5(9)6(10)2-7(4)11-3-12/h1-2H. The van der Waals surface area contributed by atoms with E-state index in [-0.39, 0.29) is 10.7 Å². The molecule has 0 heterocycles. The summed E-state index contributed by atoms with van der Waals surface area (Å²) in [5, 5.41) is 0.108. The second-order valence-electron chi connectivity index (χ2n) is 1.92. The van der Waals surface area contributed by atoms with Gasteiger partial charge in [0, 0.05) is 0 Å². The van der Waals surface area contributed by atoms with Crippen LogP contribution in [0.25, 0.3) is 0 Å². The van der Waals surface area contributed by atoms with Gasteiger partial charge in [0.15, 0.2) is 0 Å². The molecule has 0 aromatic heterocycles. The lowest BCUT2D eigenvalue weighted by atomic mass is 10.3. The Balaban J connectivity index is 3.32. The summed E-state index contributed by atoms with van der Waals surface area (Å²) in [4.78, 5) is 13.2. The van der Waals surface area contributed by atoms with Crippen LogP contribution in [0.15, 0.2) is 17.1 Å². The first-order valence-electron chi connectivity index (χ1n) is 2.87. The number of carbonyl (C=O) groups excluding carboxylic acids is 1. The zero-order chi connectivity index (χ0) is 9.14. The lowest BCUT2D eigenvalue weighted by Gasteiger charge is -1.97. The van der Waals surface area contributed by atoms with Crippen molar-refractivity contribution >= 4 is 46.0 Å². The summed E-state index contributed by atoms with van der Waals surface area (Å²) in [6.45, 7) is 0. The number of hydrogen-bond acceptors (Lipinski definition) is 2. The van der Waals surface area contributed by atoms with E-state index >= 15 is 0 Å². The summed E-state index contributed by atoms with van der Waals surface area (Å²) in [5.74, 6) is -0.426. The number of halogens is 3. The monoisotopic (exact) mass is 297 g/mol. The van der Waals surface area contributed by atoms with Gasteiger partial charge in [-0.1, -0.05) is 11.6 Å². The van der Waals surface area contributed by atoms with Crippen LogP contribution in [0.2, 0.25) is 5.02 Å². The number of rotatable bonds is 1. The normalized spacial score (nSPS) is 9.25. The van der Waals surface area contributed by atoms with Crippen LogP contribution in [0.1, 0.15) is 0 Å². The second kappa shape index (κ2) is 3.98. The van der Waals surface area contributed by atoms with Crippen molar-refractivity contribution in [2.24, 2.45) is 4.99 Å². The largest absolute Gasteiger partial charge is 0.240 e. The van der Waals surface area contributed by atoms with Gasteiger partial charge in [-0.2, -0.15) is 4.99 Å². The summed E-state index contributed by atoms with van der Waals surface area (Å²) in [6.07, 6.45) is 1.34. The van der Waals surface area contributed by atoms with Gasteiger partial charge in [-0.05, 0) is 34.7 Å². The fraction of sp³-hybridized carbons (Fsp3) is 0. The number of nitrogens with zero attached hydrogens (tertiary/aromatic N) is 1. The molecule has 1 aromatic carbocycles. The van der Waals surface area contributed by atoms with Crippen LogP contribution in [0.3, 0.4) is 0 Å². The molecule has 1 rings (SSSR count). The molecule has 0 aliphatic carbocycles. The molecule has 0 fully saturated rings. The SMILES string of the molecule is O=C=Nc1cc(I)c(F)cc1Cl. The van der Waals surface area contributed by atoms with E-state index in [0.29, 0.717) is 3.57 Å². The fourth-order valence-corrected chi connectivity index (χ4v) is 1.29. The third-order valence-corrected chi connectivity index (χ3v) is 2.29. The summed E-state index contributed by atoms with van der Waals surface area (Å²) >= 11 is 7.35. The average molecular weight is 297 g/mol. The van der Waals surface area contributed by atoms with E-state index in [1.54, 1.807) is 22.6 Å². The maximum absolute atomic E-state index is 12.8. The first-order valence-corrected chi connectivity index (χ1v) is 4.33. The van der Waals surface area contributed by atoms with Crippen molar-refractivity contribution in [2.75, 3.05) is 0 Å². The van der Waals surface area contributed by atoms with E-state index < -0.39 is 5.82 Å². The minimum absolute atomic E-state index is 0.108. The molecule has 0 saturated carbocycles. The maximum atomic E-state index is 12.8. The van der Waals surface area contributed by atoms with Crippen LogP contribution >= 0.6 is 34.2 Å². The molecule has 0 atom stereocenters. The summed E-state index contributed by atoms with van der Waals surface area (Å²) in [6, 6.07) is 2.49. The van der Waals surface area contributed by atoms with E-state index in [1.165, 1.54) is 12.1 Å². The lowest BCUT2D eigenvalue weighted by Crippen LogP contribution is -1.80. The van der Waals surface area contributed by atoms with Crippen LogP contribution < -0.4 is 0 Å². The third-order valence-electron chi connectivity index (χ3n) is 1.16. The minimum Gasteiger partial charge on any atom is -0.211 e. The number of hydrogen-bond donors (Lipinski definition) is 0. The van der Waals surface area contributed by atoms with Crippen molar-refractivity contribution in [3.05, 3.63) is 26.5 Å². The van der Waals surface area contributed by atoms with Gasteiger partial charge in [-0.3, -0.25) is 0 Å². The molecule has 1 aromatic rings. The minimum atomic E-state index is -0.426. The van der Waals surface area contributed by atoms with Crippen molar-refractivity contribution < 1.29 is 9.18 Å². The Labute approximate surface area is 86.6 Å². The van der Waals surface area contributed by atoms with Gasteiger partial charge in [-0.25, -0.2) is 9.18 Å². The van der Waals surface area contributed by atoms with E-state index in [4.69, 9.17) is 11.6 Å². The van der Waals surface area contributed by atoms with Crippen molar-refractivity contribution in [1.82, 2.24) is 0 Å². The predicted molar refractivity (Wildman–Crippen MR) is 51.9 cm³/mol. The molecule has 2 nitrogen and oxygen atoms in total. The number of benzene rings is 1. The highest BCUT2D eigenvalue weighted by atomic mass is 127. The Bertz CT molecular complexity index is 363. The van der Waals surface area contributed by atoms with E-state index in [1.807, 2.05) is 0 Å². The Morgan fingerprint density at radius 3 is 2.83 bits per heavy atom. The second-order valence-corrected chi connectivity index (χ2v) is 3.49. The van der Waals surface area contributed by atoms with E-state index in [9.17, 15) is 9.18 Å². The maximum Gasteiger partial charge on any atom is 0.240 e. The van der Waals surface area contributed by atoms with Gasteiger partial charge in [0.25, 0.3) is 0 Å². The summed E-state index contributed by atoms with van der Waals surface area (Å²) in [7, 11) is 0. The molecule has 0 aliphatic rings. The molecular formula is C7H2ClFINO. The first-order chi connectivity index (χ1) is 5.65. The smallest absolute Gasteiger partial charge is 0.211 e. The molecule has 0 amide bonds. The van der Waals surface area contributed by atoms with Gasteiger partial charge in [0.2, 0.25) is 6.08 Å². The van der Waals surface area contributed by atoms with Gasteiger partial charge >= 0.3 is 0 Å². The number of isocyanates is 1. The average Bonchev–Trinajstić information content (AvgIpc) is 2.01. The Kier molecular flexibility index (Phi) is 3.20. The Morgan fingerprint density at radius 2 is 2.25 bits per heavy atom. The predicted octanol–water partition coefficient (Wildman–Crippen LogP) is 3.05. The molecule has 0 aliphatic heterocycles. The van der Waals surface area contributed by atoms with Crippen molar-refractivity contribution in [1.29, 1.82) is 0 Å². The summed E-state index contributed by atoms with van der Waals surface area (Å²) < 4.78 is 13.1. The van der Waals surface area contributed by atoms with Crippen LogP contribution in [0.4, 0.5) is 10.1 Å². The van der Waals surface area contributed by atoms with Gasteiger partial charge < -0.3 is 0 Å². The van der Waals surface area contributed by atoms with Crippen molar-refractivity contribution in [2.45, 2.75) is 0 Å². The highest BCUT2D eigenvalue weighted by molar-refractivity contribution is 14.1. The first kappa shape index (κ1) is 9.64. The quantitative estimate of drug-likeness (QED) is 0.339. The highest BCUT2D eigenvalue weighted by Crippen LogP contribution is 2.28. The molecule has 0 unspecified atom stereocenters. The molecule has 5 heteroatoms. The topological polar surface area (TPSA) is 29.4 Å². The molecule has 0 bridgehead atoms. The van der Waals surface area contributed by atoms with Crippen LogP contribution in [0.5, 0.6) is 0 Å². The summed E-state index contributed by atoms with van der Waals surface area (Å²) in [5.41, 5.74) is 0.234. The van der Waals surface area contributed by atoms with Crippen molar-refractivity contribution in [3.8, 4) is 0 Å². The third kappa shape index (κ3) is 2.03. The fourth-order valence-electron chi connectivity index (χ4n) is 0.647. The molecular weight excluding hydrogens is 295 g/mol. The number of aliphatic imine (C=N–C) groups is 1. The van der Waals surface area contributed by atoms with Crippen molar-refractivity contribution in [3.63, 3.8) is 0 Å². The van der Waals surface area contributed by atoms with Crippen LogP contribution in [0, 0.1) is 9.39 Å². The van der Waals surface area contributed by atoms with Gasteiger partial charge in [0.1, 0.15) is 5.82 Å². The van der Waals surface area contributed by atoms with E-state index in [0.717, 1.165) is 6.07 Å². The zero-order valence-corrected chi connectivity index (χ0v) is 8.56. The molecule has 0 saturated heterocycles. The molecule has 0 spiro atoms. The lowest BCUT2D eigenvalue weighted by molar-refractivity contribution is 0.565. The van der Waals surface area contributed by atoms with E-state index in [2.05, 4.69) is 4.99 Å². The molecule has 12 heavy (non-hydrogen) atoms. The molecule has 0 radical (unpaired) electrons. The molecule has 0 N–H and O–H groups in total. The zero-order valence-electron chi connectivity index (χ0n) is 5.64. The molecule has 62 valence electrons. The van der Waals surface area contributed by atoms with Gasteiger partial charge in [0.05, 0.1) is 14.3 Å². The highest BCUT2D eigenvalue weighted by Gasteiger charge is 2.05. The van der Waals surface area contributed by atoms with Gasteiger partial charge in [-0.15, -0.1) is 0 Å². The van der Waals surface area contributed by atoms with Crippen LogP contribution in [-0.2, 0) is 4.79 Å². The van der Waals surface area contributed by atoms with Crippen LogP contribution in [-0.4, -0.2) is 6.08 Å². The Morgan fingerprint density at radius 1 is 1.58 bits per heavy atom. The Hall–Kier alpha value is -0.450.